The van der Waals surface area contributed by atoms with Crippen LogP contribution in [0.5, 0.6) is 0 Å². The molecule has 13 heavy (non-hydrogen) atoms. The summed E-state index contributed by atoms with van der Waals surface area (Å²) in [5.74, 6) is -0.104. The molecular weight excluding hydrogens is 171 g/mol. The van der Waals surface area contributed by atoms with Crippen LogP contribution in [0.1, 0.15) is 20.3 Å². The average molecular weight is 188 g/mol. The van der Waals surface area contributed by atoms with Crippen LogP contribution >= 0.6 is 0 Å². The van der Waals surface area contributed by atoms with E-state index in [-0.39, 0.29) is 13.0 Å². The van der Waals surface area contributed by atoms with Crippen molar-refractivity contribution in [2.24, 2.45) is 5.92 Å². The van der Waals surface area contributed by atoms with E-state index in [1.165, 1.54) is 0 Å². The van der Waals surface area contributed by atoms with Gasteiger partial charge < -0.3 is 10.6 Å². The highest BCUT2D eigenvalue weighted by Crippen LogP contribution is 2.19. The summed E-state index contributed by atoms with van der Waals surface area (Å²) in [6.07, 6.45) is 0.289. The van der Waals surface area contributed by atoms with E-state index in [9.17, 15) is 9.18 Å². The zero-order chi connectivity index (χ0) is 9.90. The molecule has 1 aliphatic rings. The smallest absolute Gasteiger partial charge is 0.259 e. The lowest BCUT2D eigenvalue weighted by Gasteiger charge is -2.18. The van der Waals surface area contributed by atoms with Crippen LogP contribution in [0, 0.1) is 5.92 Å². The highest BCUT2D eigenvalue weighted by atomic mass is 19.1. The fraction of sp³-hybridized carbons (Fsp3) is 0.889. The summed E-state index contributed by atoms with van der Waals surface area (Å²) in [6.45, 7) is 5.25. The number of hydrogen-bond acceptors (Lipinski definition) is 2. The first-order valence-corrected chi connectivity index (χ1v) is 4.72. The molecule has 0 aromatic rings. The minimum Gasteiger partial charge on any atom is -0.353 e. The summed E-state index contributed by atoms with van der Waals surface area (Å²) in [6, 6.07) is 0. The van der Waals surface area contributed by atoms with Gasteiger partial charge in [-0.15, -0.1) is 0 Å². The van der Waals surface area contributed by atoms with Gasteiger partial charge in [0.1, 0.15) is 0 Å². The first kappa shape index (κ1) is 10.4. The highest BCUT2D eigenvalue weighted by molar-refractivity contribution is 5.85. The van der Waals surface area contributed by atoms with Gasteiger partial charge in [-0.25, -0.2) is 4.39 Å². The third kappa shape index (κ3) is 2.66. The molecule has 3 nitrogen and oxygen atoms in total. The van der Waals surface area contributed by atoms with Crippen molar-refractivity contribution >= 4 is 5.91 Å². The van der Waals surface area contributed by atoms with Crippen molar-refractivity contribution in [3.05, 3.63) is 0 Å². The van der Waals surface area contributed by atoms with Gasteiger partial charge in [0.25, 0.3) is 5.91 Å². The zero-order valence-electron chi connectivity index (χ0n) is 8.19. The highest BCUT2D eigenvalue weighted by Gasteiger charge is 2.41. The summed E-state index contributed by atoms with van der Waals surface area (Å²) in [7, 11) is 0. The van der Waals surface area contributed by atoms with Gasteiger partial charge in [-0.3, -0.25) is 4.79 Å². The van der Waals surface area contributed by atoms with Gasteiger partial charge in [0.2, 0.25) is 5.67 Å². The molecule has 1 fully saturated rings. The summed E-state index contributed by atoms with van der Waals surface area (Å²) in [4.78, 5) is 11.3. The molecule has 1 rings (SSSR count). The number of alkyl halides is 1. The number of carbonyl (C=O) groups excluding carboxylic acids is 1. The standard InChI is InChI=1S/C9H17FN2O/c1-7(2)5-12-8(13)9(10)3-4-11-6-9/h7,11H,3-6H2,1-2H3,(H,12,13)/t9-/m1/s1. The first-order chi connectivity index (χ1) is 6.04. The van der Waals surface area contributed by atoms with Crippen LogP contribution in [0.15, 0.2) is 0 Å². The van der Waals surface area contributed by atoms with E-state index in [1.54, 1.807) is 0 Å². The second kappa shape index (κ2) is 4.05. The maximum absolute atomic E-state index is 13.7. The summed E-state index contributed by atoms with van der Waals surface area (Å²) in [5.41, 5.74) is -1.67. The fourth-order valence-corrected chi connectivity index (χ4v) is 1.31. The Morgan fingerprint density at radius 3 is 2.85 bits per heavy atom. The van der Waals surface area contributed by atoms with E-state index < -0.39 is 11.6 Å². The van der Waals surface area contributed by atoms with Crippen molar-refractivity contribution < 1.29 is 9.18 Å². The van der Waals surface area contributed by atoms with Gasteiger partial charge >= 0.3 is 0 Å². The average Bonchev–Trinajstić information content (AvgIpc) is 2.49. The third-order valence-electron chi connectivity index (χ3n) is 2.18. The third-order valence-corrected chi connectivity index (χ3v) is 2.18. The molecule has 1 amide bonds. The Labute approximate surface area is 78.1 Å². The molecule has 4 heteroatoms. The molecule has 0 saturated carbocycles. The molecule has 0 aliphatic carbocycles. The van der Waals surface area contributed by atoms with Gasteiger partial charge in [0.15, 0.2) is 0 Å². The second-order valence-electron chi connectivity index (χ2n) is 4.00. The zero-order valence-corrected chi connectivity index (χ0v) is 8.19. The lowest BCUT2D eigenvalue weighted by atomic mass is 10.0. The molecule has 0 spiro atoms. The van der Waals surface area contributed by atoms with E-state index in [0.29, 0.717) is 19.0 Å². The Bertz CT molecular complexity index is 188. The molecule has 0 aromatic carbocycles. The SMILES string of the molecule is CC(C)CNC(=O)[C@@]1(F)CCNC1. The second-order valence-corrected chi connectivity index (χ2v) is 4.00. The van der Waals surface area contributed by atoms with Gasteiger partial charge in [0, 0.05) is 19.5 Å². The predicted molar refractivity (Wildman–Crippen MR) is 49.2 cm³/mol. The van der Waals surface area contributed by atoms with Crippen molar-refractivity contribution in [3.63, 3.8) is 0 Å². The molecule has 2 N–H and O–H groups in total. The molecule has 0 radical (unpaired) electrons. The minimum absolute atomic E-state index is 0.150. The van der Waals surface area contributed by atoms with Crippen molar-refractivity contribution in [2.45, 2.75) is 25.9 Å². The molecule has 1 saturated heterocycles. The molecule has 0 aromatic heterocycles. The van der Waals surface area contributed by atoms with Crippen LogP contribution in [0.3, 0.4) is 0 Å². The number of halogens is 1. The van der Waals surface area contributed by atoms with Gasteiger partial charge in [-0.1, -0.05) is 13.8 Å². The van der Waals surface area contributed by atoms with Crippen molar-refractivity contribution in [1.82, 2.24) is 10.6 Å². The monoisotopic (exact) mass is 188 g/mol. The topological polar surface area (TPSA) is 41.1 Å². The Kier molecular flexibility index (Phi) is 3.25. The first-order valence-electron chi connectivity index (χ1n) is 4.72. The van der Waals surface area contributed by atoms with E-state index in [4.69, 9.17) is 0 Å². The number of nitrogens with one attached hydrogen (secondary N) is 2. The van der Waals surface area contributed by atoms with Crippen molar-refractivity contribution in [2.75, 3.05) is 19.6 Å². The molecule has 0 unspecified atom stereocenters. The molecule has 76 valence electrons. The predicted octanol–water partition coefficient (Wildman–Crippen LogP) is 0.460. The summed E-state index contributed by atoms with van der Waals surface area (Å²) in [5, 5.41) is 5.46. The van der Waals surface area contributed by atoms with E-state index in [2.05, 4.69) is 10.6 Å². The maximum atomic E-state index is 13.7. The molecule has 1 aliphatic heterocycles. The van der Waals surface area contributed by atoms with Crippen LogP contribution in [0.25, 0.3) is 0 Å². The molecule has 1 heterocycles. The van der Waals surface area contributed by atoms with Crippen LogP contribution in [0.4, 0.5) is 4.39 Å². The summed E-state index contributed by atoms with van der Waals surface area (Å²) < 4.78 is 13.7. The van der Waals surface area contributed by atoms with E-state index in [0.717, 1.165) is 0 Å². The lowest BCUT2D eigenvalue weighted by Crippen LogP contribution is -2.45. The van der Waals surface area contributed by atoms with Gasteiger partial charge in [0.05, 0.1) is 0 Å². The van der Waals surface area contributed by atoms with Crippen LogP contribution in [-0.2, 0) is 4.79 Å². The van der Waals surface area contributed by atoms with Crippen LogP contribution < -0.4 is 10.6 Å². The van der Waals surface area contributed by atoms with E-state index in [1.807, 2.05) is 13.8 Å². The Morgan fingerprint density at radius 2 is 2.38 bits per heavy atom. The van der Waals surface area contributed by atoms with Gasteiger partial charge in [-0.05, 0) is 12.5 Å². The lowest BCUT2D eigenvalue weighted by molar-refractivity contribution is -0.131. The van der Waals surface area contributed by atoms with Crippen molar-refractivity contribution in [3.8, 4) is 0 Å². The van der Waals surface area contributed by atoms with Crippen molar-refractivity contribution in [1.29, 1.82) is 0 Å². The summed E-state index contributed by atoms with van der Waals surface area (Å²) >= 11 is 0. The molecule has 1 atom stereocenters. The number of rotatable bonds is 3. The Hall–Kier alpha value is -0.640. The molecular formula is C9H17FN2O. The number of amides is 1. The Morgan fingerprint density at radius 1 is 1.69 bits per heavy atom. The van der Waals surface area contributed by atoms with Crippen LogP contribution in [-0.4, -0.2) is 31.2 Å². The number of hydrogen-bond donors (Lipinski definition) is 2. The largest absolute Gasteiger partial charge is 0.353 e. The van der Waals surface area contributed by atoms with Gasteiger partial charge in [-0.2, -0.15) is 0 Å². The maximum Gasteiger partial charge on any atom is 0.259 e. The van der Waals surface area contributed by atoms with E-state index >= 15 is 0 Å². The fourth-order valence-electron chi connectivity index (χ4n) is 1.31. The normalized spacial score (nSPS) is 28.0. The van der Waals surface area contributed by atoms with Crippen LogP contribution in [0.2, 0.25) is 0 Å². The Balaban J connectivity index is 2.38. The number of carbonyl (C=O) groups is 1. The molecule has 0 bridgehead atoms. The quantitative estimate of drug-likeness (QED) is 0.675. The minimum atomic E-state index is -1.67.